The molecule has 4 rings (SSSR count). The number of amides is 1. The first-order chi connectivity index (χ1) is 14.9. The van der Waals surface area contributed by atoms with Gasteiger partial charge in [-0.15, -0.1) is 0 Å². The zero-order chi connectivity index (χ0) is 22.0. The molecule has 0 spiro atoms. The number of nitrogens with zero attached hydrogens (tertiary/aromatic N) is 4. The number of piperidine rings is 1. The maximum atomic E-state index is 12.4. The molecule has 1 N–H and O–H groups in total. The molecule has 2 aromatic heterocycles. The van der Waals surface area contributed by atoms with E-state index < -0.39 is 0 Å². The monoisotopic (exact) mass is 441 g/mol. The van der Waals surface area contributed by atoms with Crippen LogP contribution in [0.25, 0.3) is 11.1 Å². The summed E-state index contributed by atoms with van der Waals surface area (Å²) in [6.07, 6.45) is 1.93. The molecule has 164 valence electrons. The molecule has 7 nitrogen and oxygen atoms in total. The number of aromatic nitrogens is 3. The van der Waals surface area contributed by atoms with Gasteiger partial charge in [0.25, 0.3) is 5.71 Å². The van der Waals surface area contributed by atoms with E-state index in [2.05, 4.69) is 34.2 Å². The van der Waals surface area contributed by atoms with Crippen LogP contribution in [0.4, 0.5) is 5.82 Å². The lowest BCUT2D eigenvalue weighted by atomic mass is 9.92. The lowest BCUT2D eigenvalue weighted by molar-refractivity contribution is -0.121. The first kappa shape index (κ1) is 21.6. The van der Waals surface area contributed by atoms with Gasteiger partial charge in [-0.3, -0.25) is 4.79 Å². The predicted octanol–water partition coefficient (Wildman–Crippen LogP) is 4.31. The Hall–Kier alpha value is -2.67. The van der Waals surface area contributed by atoms with E-state index in [1.54, 1.807) is 0 Å². The van der Waals surface area contributed by atoms with Gasteiger partial charge in [0, 0.05) is 37.5 Å². The number of benzene rings is 1. The topological polar surface area (TPSA) is 84.1 Å². The van der Waals surface area contributed by atoms with Gasteiger partial charge < -0.3 is 14.7 Å². The molecule has 8 heteroatoms. The number of hydrogen-bond donors (Lipinski definition) is 1. The Morgan fingerprint density at radius 2 is 1.97 bits per heavy atom. The molecule has 0 bridgehead atoms. The van der Waals surface area contributed by atoms with Gasteiger partial charge in [-0.2, -0.15) is 4.98 Å². The van der Waals surface area contributed by atoms with E-state index in [9.17, 15) is 4.79 Å². The van der Waals surface area contributed by atoms with Crippen molar-refractivity contribution < 1.29 is 9.32 Å². The molecule has 1 saturated heterocycles. The minimum absolute atomic E-state index is 0.0702. The second-order valence-electron chi connectivity index (χ2n) is 8.63. The third-order valence-corrected chi connectivity index (χ3v) is 6.08. The van der Waals surface area contributed by atoms with E-state index in [1.807, 2.05) is 31.2 Å². The maximum absolute atomic E-state index is 12.4. The van der Waals surface area contributed by atoms with Crippen LogP contribution >= 0.6 is 11.6 Å². The maximum Gasteiger partial charge on any atom is 0.263 e. The first-order valence-corrected chi connectivity index (χ1v) is 11.2. The van der Waals surface area contributed by atoms with Crippen LogP contribution in [-0.2, 0) is 17.8 Å². The highest BCUT2D eigenvalue weighted by Gasteiger charge is 2.27. The number of rotatable bonds is 6. The van der Waals surface area contributed by atoms with Crippen LogP contribution in [0.1, 0.15) is 43.8 Å². The fourth-order valence-corrected chi connectivity index (χ4v) is 4.54. The van der Waals surface area contributed by atoms with Crippen molar-refractivity contribution in [3.05, 3.63) is 46.4 Å². The number of carbonyl (C=O) groups is 1. The molecule has 1 fully saturated rings. The molecule has 1 aliphatic rings. The molecule has 1 amide bonds. The highest BCUT2D eigenvalue weighted by Crippen LogP contribution is 2.32. The van der Waals surface area contributed by atoms with Crippen molar-refractivity contribution in [2.45, 2.75) is 46.6 Å². The Labute approximate surface area is 187 Å². The van der Waals surface area contributed by atoms with Gasteiger partial charge in [0.15, 0.2) is 0 Å². The Morgan fingerprint density at radius 1 is 1.23 bits per heavy atom. The van der Waals surface area contributed by atoms with E-state index in [4.69, 9.17) is 21.1 Å². The Bertz CT molecular complexity index is 1070. The number of hydrogen-bond acceptors (Lipinski definition) is 6. The molecular weight excluding hydrogens is 414 g/mol. The number of halogens is 1. The van der Waals surface area contributed by atoms with E-state index in [1.165, 1.54) is 6.42 Å². The summed E-state index contributed by atoms with van der Waals surface area (Å²) < 4.78 is 5.46. The molecule has 3 aromatic rings. The van der Waals surface area contributed by atoms with Crippen LogP contribution in [0.3, 0.4) is 0 Å². The average molecular weight is 442 g/mol. The van der Waals surface area contributed by atoms with Crippen LogP contribution < -0.4 is 10.2 Å². The predicted molar refractivity (Wildman–Crippen MR) is 121 cm³/mol. The number of carbonyl (C=O) groups excluding carboxylic acids is 1. The Kier molecular flexibility index (Phi) is 6.41. The quantitative estimate of drug-likeness (QED) is 0.613. The highest BCUT2D eigenvalue weighted by molar-refractivity contribution is 6.31. The Balaban J connectivity index is 1.48. The van der Waals surface area contributed by atoms with E-state index in [0.717, 1.165) is 35.6 Å². The third-order valence-electron chi connectivity index (χ3n) is 5.71. The van der Waals surface area contributed by atoms with Crippen molar-refractivity contribution in [2.24, 2.45) is 11.8 Å². The first-order valence-electron chi connectivity index (χ1n) is 10.8. The zero-order valence-electron chi connectivity index (χ0n) is 18.2. The summed E-state index contributed by atoms with van der Waals surface area (Å²) in [5, 5.41) is 8.53. The van der Waals surface area contributed by atoms with Crippen LogP contribution in [0.15, 0.2) is 28.8 Å². The molecule has 31 heavy (non-hydrogen) atoms. The highest BCUT2D eigenvalue weighted by atomic mass is 35.5. The largest absolute Gasteiger partial charge is 0.355 e. The standard InChI is InChI=1S/C23H28ClN5O2/c1-14-10-15(2)13-29(12-14)22-21-16(3)28-31-23(21)27-19(26-22)8-9-20(30)25-11-17-6-4-5-7-18(17)24/h4-7,14-15H,8-13H2,1-3H3,(H,25,30). The zero-order valence-corrected chi connectivity index (χ0v) is 18.9. The van der Waals surface area contributed by atoms with Crippen LogP contribution in [0, 0.1) is 18.8 Å². The Morgan fingerprint density at radius 3 is 2.71 bits per heavy atom. The summed E-state index contributed by atoms with van der Waals surface area (Å²) in [7, 11) is 0. The van der Waals surface area contributed by atoms with E-state index in [-0.39, 0.29) is 12.3 Å². The van der Waals surface area contributed by atoms with Gasteiger partial charge in [0.1, 0.15) is 17.0 Å². The minimum atomic E-state index is -0.0702. The third kappa shape index (κ3) is 4.98. The second kappa shape index (κ2) is 9.22. The molecule has 2 unspecified atom stereocenters. The minimum Gasteiger partial charge on any atom is -0.355 e. The summed E-state index contributed by atoms with van der Waals surface area (Å²) in [4.78, 5) is 24.1. The fraction of sp³-hybridized carbons (Fsp3) is 0.478. The lowest BCUT2D eigenvalue weighted by Crippen LogP contribution is -2.39. The van der Waals surface area contributed by atoms with Crippen LogP contribution in [-0.4, -0.2) is 34.1 Å². The summed E-state index contributed by atoms with van der Waals surface area (Å²) in [5.74, 6) is 2.58. The average Bonchev–Trinajstić information content (AvgIpc) is 3.11. The number of anilines is 1. The van der Waals surface area contributed by atoms with Gasteiger partial charge >= 0.3 is 0 Å². The molecule has 0 radical (unpaired) electrons. The SMILES string of the molecule is Cc1noc2nc(CCC(=O)NCc3ccccc3Cl)nc(N3CC(C)CC(C)C3)c12. The number of fused-ring (bicyclic) bond motifs is 1. The second-order valence-corrected chi connectivity index (χ2v) is 9.04. The van der Waals surface area contributed by atoms with Crippen LogP contribution in [0.5, 0.6) is 0 Å². The van der Waals surface area contributed by atoms with Gasteiger partial charge in [0.2, 0.25) is 5.91 Å². The van der Waals surface area contributed by atoms with Crippen LogP contribution in [0.2, 0.25) is 5.02 Å². The van der Waals surface area contributed by atoms with Crippen molar-refractivity contribution in [2.75, 3.05) is 18.0 Å². The van der Waals surface area contributed by atoms with E-state index in [0.29, 0.717) is 41.4 Å². The van der Waals surface area contributed by atoms with Crippen molar-refractivity contribution in [1.29, 1.82) is 0 Å². The molecule has 1 aliphatic heterocycles. The van der Waals surface area contributed by atoms with Crippen molar-refractivity contribution >= 4 is 34.4 Å². The molecule has 2 atom stereocenters. The molecule has 0 aliphatic carbocycles. The molecular formula is C23H28ClN5O2. The molecule has 0 saturated carbocycles. The smallest absolute Gasteiger partial charge is 0.263 e. The van der Waals surface area contributed by atoms with Gasteiger partial charge in [-0.1, -0.05) is 48.8 Å². The lowest BCUT2D eigenvalue weighted by Gasteiger charge is -2.36. The van der Waals surface area contributed by atoms with Crippen molar-refractivity contribution in [1.82, 2.24) is 20.4 Å². The van der Waals surface area contributed by atoms with Gasteiger partial charge in [-0.05, 0) is 36.8 Å². The van der Waals surface area contributed by atoms with Gasteiger partial charge in [-0.25, -0.2) is 4.98 Å². The molecule has 1 aromatic carbocycles. The normalized spacial score (nSPS) is 19.0. The molecule has 3 heterocycles. The fourth-order valence-electron chi connectivity index (χ4n) is 4.34. The van der Waals surface area contributed by atoms with Crippen molar-refractivity contribution in [3.63, 3.8) is 0 Å². The van der Waals surface area contributed by atoms with Gasteiger partial charge in [0.05, 0.1) is 5.69 Å². The summed E-state index contributed by atoms with van der Waals surface area (Å²) >= 11 is 6.16. The summed E-state index contributed by atoms with van der Waals surface area (Å²) in [5.41, 5.74) is 2.17. The number of nitrogens with one attached hydrogen (secondary N) is 1. The summed E-state index contributed by atoms with van der Waals surface area (Å²) in [6.45, 7) is 8.74. The van der Waals surface area contributed by atoms with Crippen molar-refractivity contribution in [3.8, 4) is 0 Å². The number of aryl methyl sites for hydroxylation is 2. The van der Waals surface area contributed by atoms with E-state index >= 15 is 0 Å². The summed E-state index contributed by atoms with van der Waals surface area (Å²) in [6, 6.07) is 7.49.